The average molecular weight is 342 g/mol. The van der Waals surface area contributed by atoms with Crippen LogP contribution in [0.2, 0.25) is 5.02 Å². The van der Waals surface area contributed by atoms with Crippen LogP contribution in [-0.4, -0.2) is 21.1 Å². The second-order valence-electron chi connectivity index (χ2n) is 4.75. The Morgan fingerprint density at radius 2 is 2.21 bits per heavy atom. The van der Waals surface area contributed by atoms with Gasteiger partial charge in [0.15, 0.2) is 6.61 Å². The van der Waals surface area contributed by atoms with E-state index >= 15 is 0 Å². The van der Waals surface area contributed by atoms with Crippen molar-refractivity contribution >= 4 is 23.6 Å². The molecule has 0 fully saturated rings. The first-order valence-electron chi connectivity index (χ1n) is 7.04. The molecule has 2 aromatic heterocycles. The molecule has 0 unspecified atom stereocenters. The van der Waals surface area contributed by atoms with E-state index in [1.165, 1.54) is 6.08 Å². The van der Waals surface area contributed by atoms with Crippen LogP contribution in [-0.2, 0) is 16.1 Å². The zero-order chi connectivity index (χ0) is 16.8. The van der Waals surface area contributed by atoms with Gasteiger partial charge in [-0.2, -0.15) is 4.98 Å². The Bertz CT molecular complexity index is 862. The number of rotatable bonds is 5. The van der Waals surface area contributed by atoms with Gasteiger partial charge in [0, 0.05) is 29.1 Å². The van der Waals surface area contributed by atoms with Crippen LogP contribution in [0.4, 0.5) is 0 Å². The number of aromatic nitrogens is 3. The molecule has 0 bridgehead atoms. The predicted octanol–water partition coefficient (Wildman–Crippen LogP) is 3.54. The van der Waals surface area contributed by atoms with Crippen molar-refractivity contribution in [1.29, 1.82) is 0 Å². The zero-order valence-corrected chi connectivity index (χ0v) is 13.2. The highest BCUT2D eigenvalue weighted by molar-refractivity contribution is 6.30. The number of hydrogen-bond donors (Lipinski definition) is 0. The summed E-state index contributed by atoms with van der Waals surface area (Å²) in [5, 5.41) is 4.41. The summed E-state index contributed by atoms with van der Waals surface area (Å²) in [5.41, 5.74) is 1.52. The molecule has 0 amide bonds. The van der Waals surface area contributed by atoms with Crippen LogP contribution in [0.5, 0.6) is 0 Å². The van der Waals surface area contributed by atoms with E-state index in [1.807, 2.05) is 12.1 Å². The smallest absolute Gasteiger partial charge is 0.331 e. The van der Waals surface area contributed by atoms with Crippen LogP contribution in [0.1, 0.15) is 11.5 Å². The number of nitrogens with zero attached hydrogens (tertiary/aromatic N) is 3. The number of carbonyl (C=O) groups excluding carboxylic acids is 1. The molecule has 2 heterocycles. The van der Waals surface area contributed by atoms with Gasteiger partial charge in [-0.1, -0.05) is 35.0 Å². The van der Waals surface area contributed by atoms with Crippen molar-refractivity contribution in [3.05, 3.63) is 71.3 Å². The number of pyridine rings is 1. The highest BCUT2D eigenvalue weighted by atomic mass is 35.5. The minimum absolute atomic E-state index is 0.107. The maximum absolute atomic E-state index is 11.7. The molecule has 0 radical (unpaired) electrons. The summed E-state index contributed by atoms with van der Waals surface area (Å²) >= 11 is 5.92. The van der Waals surface area contributed by atoms with E-state index in [9.17, 15) is 4.79 Å². The van der Waals surface area contributed by atoms with Crippen molar-refractivity contribution in [3.8, 4) is 11.4 Å². The van der Waals surface area contributed by atoms with Crippen LogP contribution in [0.15, 0.2) is 59.4 Å². The molecule has 0 aliphatic heterocycles. The Balaban J connectivity index is 1.57. The molecule has 0 aliphatic carbocycles. The predicted molar refractivity (Wildman–Crippen MR) is 87.8 cm³/mol. The van der Waals surface area contributed by atoms with Crippen LogP contribution < -0.4 is 0 Å². The summed E-state index contributed by atoms with van der Waals surface area (Å²) in [4.78, 5) is 19.8. The number of carbonyl (C=O) groups is 1. The molecule has 24 heavy (non-hydrogen) atoms. The third-order valence-corrected chi connectivity index (χ3v) is 3.22. The first-order chi connectivity index (χ1) is 11.7. The van der Waals surface area contributed by atoms with Gasteiger partial charge < -0.3 is 9.26 Å². The molecule has 1 aromatic carbocycles. The molecular formula is C17H12ClN3O3. The fourth-order valence-corrected chi connectivity index (χ4v) is 2.07. The van der Waals surface area contributed by atoms with Gasteiger partial charge in [-0.15, -0.1) is 0 Å². The lowest BCUT2D eigenvalue weighted by Crippen LogP contribution is -2.01. The maximum Gasteiger partial charge on any atom is 0.331 e. The third-order valence-electron chi connectivity index (χ3n) is 2.99. The highest BCUT2D eigenvalue weighted by Crippen LogP contribution is 2.20. The molecule has 7 heteroatoms. The van der Waals surface area contributed by atoms with E-state index in [0.717, 1.165) is 11.1 Å². The van der Waals surface area contributed by atoms with Crippen molar-refractivity contribution in [2.45, 2.75) is 6.61 Å². The summed E-state index contributed by atoms with van der Waals surface area (Å²) in [5.74, 6) is 0.0731. The van der Waals surface area contributed by atoms with E-state index in [4.69, 9.17) is 20.9 Å². The molecule has 0 aliphatic rings. The topological polar surface area (TPSA) is 78.1 Å². The number of halogens is 1. The summed E-state index contributed by atoms with van der Waals surface area (Å²) < 4.78 is 10.1. The molecule has 0 spiro atoms. The lowest BCUT2D eigenvalue weighted by Gasteiger charge is -1.97. The first kappa shape index (κ1) is 15.9. The standard InChI is InChI=1S/C17H12ClN3O3/c18-14-5-1-4-13(9-14)17-20-15(24-21-17)11-23-16(22)7-6-12-3-2-8-19-10-12/h1-10H,11H2/b7-6+. The Labute approximate surface area is 142 Å². The summed E-state index contributed by atoms with van der Waals surface area (Å²) in [6.45, 7) is -0.107. The van der Waals surface area contributed by atoms with Crippen LogP contribution in [0.3, 0.4) is 0 Å². The Morgan fingerprint density at radius 3 is 3.00 bits per heavy atom. The maximum atomic E-state index is 11.7. The van der Waals surface area contributed by atoms with Gasteiger partial charge in [0.2, 0.25) is 5.82 Å². The van der Waals surface area contributed by atoms with Gasteiger partial charge in [0.25, 0.3) is 5.89 Å². The Kier molecular flexibility index (Phi) is 4.98. The molecule has 6 nitrogen and oxygen atoms in total. The van der Waals surface area contributed by atoms with Crippen LogP contribution in [0.25, 0.3) is 17.5 Å². The zero-order valence-electron chi connectivity index (χ0n) is 12.4. The van der Waals surface area contributed by atoms with E-state index in [0.29, 0.717) is 10.8 Å². The first-order valence-corrected chi connectivity index (χ1v) is 7.42. The highest BCUT2D eigenvalue weighted by Gasteiger charge is 2.10. The number of hydrogen-bond acceptors (Lipinski definition) is 6. The van der Waals surface area contributed by atoms with Gasteiger partial charge in [-0.05, 0) is 29.8 Å². The quantitative estimate of drug-likeness (QED) is 0.521. The third kappa shape index (κ3) is 4.27. The van der Waals surface area contributed by atoms with E-state index in [1.54, 1.807) is 42.7 Å². The molecule has 0 N–H and O–H groups in total. The minimum atomic E-state index is -0.513. The van der Waals surface area contributed by atoms with Crippen molar-refractivity contribution in [3.63, 3.8) is 0 Å². The van der Waals surface area contributed by atoms with E-state index in [-0.39, 0.29) is 12.5 Å². The Morgan fingerprint density at radius 1 is 1.29 bits per heavy atom. The summed E-state index contributed by atoms with van der Waals surface area (Å²) in [6, 6.07) is 10.7. The van der Waals surface area contributed by atoms with Gasteiger partial charge in [0.05, 0.1) is 0 Å². The normalized spacial score (nSPS) is 10.9. The molecule has 0 saturated heterocycles. The summed E-state index contributed by atoms with van der Waals surface area (Å²) in [6.07, 6.45) is 6.22. The SMILES string of the molecule is O=C(/C=C/c1cccnc1)OCc1nc(-c2cccc(Cl)c2)no1. The van der Waals surface area contributed by atoms with Crippen molar-refractivity contribution in [2.24, 2.45) is 0 Å². The second kappa shape index (κ2) is 7.52. The molecule has 0 saturated carbocycles. The van der Waals surface area contributed by atoms with Gasteiger partial charge in [-0.25, -0.2) is 4.79 Å². The fourth-order valence-electron chi connectivity index (χ4n) is 1.88. The van der Waals surface area contributed by atoms with Crippen LogP contribution in [0, 0.1) is 0 Å². The van der Waals surface area contributed by atoms with E-state index in [2.05, 4.69) is 15.1 Å². The van der Waals surface area contributed by atoms with Crippen molar-refractivity contribution in [2.75, 3.05) is 0 Å². The molecular weight excluding hydrogens is 330 g/mol. The molecule has 3 aromatic rings. The van der Waals surface area contributed by atoms with Gasteiger partial charge >= 0.3 is 5.97 Å². The number of ether oxygens (including phenoxy) is 1. The van der Waals surface area contributed by atoms with Crippen LogP contribution >= 0.6 is 11.6 Å². The minimum Gasteiger partial charge on any atom is -0.452 e. The average Bonchev–Trinajstić information content (AvgIpc) is 3.08. The lowest BCUT2D eigenvalue weighted by molar-refractivity contribution is -0.139. The second-order valence-corrected chi connectivity index (χ2v) is 5.19. The van der Waals surface area contributed by atoms with Crippen molar-refractivity contribution in [1.82, 2.24) is 15.1 Å². The summed E-state index contributed by atoms with van der Waals surface area (Å²) in [7, 11) is 0. The monoisotopic (exact) mass is 341 g/mol. The molecule has 3 rings (SSSR count). The van der Waals surface area contributed by atoms with Crippen molar-refractivity contribution < 1.29 is 14.1 Å². The Hall–Kier alpha value is -2.99. The van der Waals surface area contributed by atoms with Gasteiger partial charge in [-0.3, -0.25) is 4.98 Å². The van der Waals surface area contributed by atoms with E-state index < -0.39 is 5.97 Å². The molecule has 0 atom stereocenters. The van der Waals surface area contributed by atoms with Gasteiger partial charge in [0.1, 0.15) is 0 Å². The largest absolute Gasteiger partial charge is 0.452 e. The fraction of sp³-hybridized carbons (Fsp3) is 0.0588. The lowest BCUT2D eigenvalue weighted by atomic mass is 10.2. The number of esters is 1. The number of benzene rings is 1. The molecule has 120 valence electrons.